The molecule has 3 fully saturated rings. The first kappa shape index (κ1) is 22.1. The maximum absolute atomic E-state index is 13.0. The molecule has 1 N–H and O–H groups in total. The molecule has 7 nitrogen and oxygen atoms in total. The highest BCUT2D eigenvalue weighted by Crippen LogP contribution is 2.36. The van der Waals surface area contributed by atoms with E-state index in [2.05, 4.69) is 5.32 Å². The van der Waals surface area contributed by atoms with E-state index in [1.54, 1.807) is 30.0 Å². The van der Waals surface area contributed by atoms with Crippen LogP contribution >= 0.6 is 23.2 Å². The van der Waals surface area contributed by atoms with Gasteiger partial charge in [-0.3, -0.25) is 14.4 Å². The smallest absolute Gasteiger partial charge is 0.325 e. The van der Waals surface area contributed by atoms with Gasteiger partial charge >= 0.3 is 6.03 Å². The van der Waals surface area contributed by atoms with Gasteiger partial charge in [0.1, 0.15) is 11.6 Å². The fourth-order valence-electron chi connectivity index (χ4n) is 4.93. The number of amides is 4. The molecule has 1 aliphatic carbocycles. The zero-order valence-electron chi connectivity index (χ0n) is 17.3. The van der Waals surface area contributed by atoms with E-state index < -0.39 is 17.6 Å². The number of Topliss-reactive ketones (excluding diaryl/α,β-unsaturated/α-hetero) is 1. The van der Waals surface area contributed by atoms with Crippen molar-refractivity contribution in [2.45, 2.75) is 57.0 Å². The Morgan fingerprint density at radius 1 is 1.10 bits per heavy atom. The maximum atomic E-state index is 13.0. The lowest BCUT2D eigenvalue weighted by Gasteiger charge is -2.34. The third-order valence-electron chi connectivity index (χ3n) is 6.78. The van der Waals surface area contributed by atoms with E-state index >= 15 is 0 Å². The molecule has 0 radical (unpaired) electrons. The van der Waals surface area contributed by atoms with Crippen molar-refractivity contribution < 1.29 is 19.2 Å². The van der Waals surface area contributed by atoms with Crippen LogP contribution in [-0.4, -0.2) is 58.1 Å². The van der Waals surface area contributed by atoms with Crippen molar-refractivity contribution in [3.05, 3.63) is 33.8 Å². The molecule has 1 aromatic rings. The van der Waals surface area contributed by atoms with E-state index in [1.807, 2.05) is 0 Å². The number of likely N-dealkylation sites (tertiary alicyclic amines) is 1. The number of carbonyl (C=O) groups excluding carboxylic acids is 4. The Labute approximate surface area is 191 Å². The van der Waals surface area contributed by atoms with Crippen LogP contribution in [-0.2, 0) is 9.59 Å². The van der Waals surface area contributed by atoms with Crippen molar-refractivity contribution in [3.8, 4) is 0 Å². The normalized spacial score (nSPS) is 22.2. The topological polar surface area (TPSA) is 86.8 Å². The number of benzene rings is 1. The summed E-state index contributed by atoms with van der Waals surface area (Å²) in [5, 5.41) is 3.55. The molecule has 1 spiro atoms. The Bertz CT molecular complexity index is 937. The molecule has 9 heteroatoms. The van der Waals surface area contributed by atoms with Gasteiger partial charge in [-0.15, -0.1) is 0 Å². The Hall–Kier alpha value is -2.12. The molecule has 2 aliphatic heterocycles. The van der Waals surface area contributed by atoms with Crippen LogP contribution in [0.2, 0.25) is 10.0 Å². The molecule has 0 bridgehead atoms. The first-order valence-corrected chi connectivity index (χ1v) is 11.4. The van der Waals surface area contributed by atoms with Gasteiger partial charge < -0.3 is 10.2 Å². The number of rotatable bonds is 4. The molecule has 2 heterocycles. The minimum Gasteiger partial charge on any atom is -0.341 e. The SMILES string of the molecule is CC(C(=O)N1CCC(C(=O)c2ccc(Cl)c(Cl)c2)CC1)N1C(=O)NC2(CCCC2)C1=O. The summed E-state index contributed by atoms with van der Waals surface area (Å²) in [5.74, 6) is -0.787. The number of hydrogen-bond donors (Lipinski definition) is 1. The monoisotopic (exact) mass is 465 g/mol. The second-order valence-electron chi connectivity index (χ2n) is 8.66. The van der Waals surface area contributed by atoms with E-state index in [4.69, 9.17) is 23.2 Å². The van der Waals surface area contributed by atoms with Crippen LogP contribution < -0.4 is 5.32 Å². The lowest BCUT2D eigenvalue weighted by molar-refractivity contribution is -0.143. The number of halogens is 2. The van der Waals surface area contributed by atoms with Crippen LogP contribution in [0.5, 0.6) is 0 Å². The summed E-state index contributed by atoms with van der Waals surface area (Å²) in [4.78, 5) is 54.0. The Kier molecular flexibility index (Phi) is 6.01. The standard InChI is InChI=1S/C22H25Cl2N3O4/c1-13(27-20(30)22(25-21(27)31)8-2-3-9-22)19(29)26-10-6-14(7-11-26)18(28)15-4-5-16(23)17(24)12-15/h4-5,12-14H,2-3,6-11H2,1H3,(H,25,31). The molecule has 4 rings (SSSR count). The molecule has 4 amide bonds. The van der Waals surface area contributed by atoms with Crippen LogP contribution in [0, 0.1) is 5.92 Å². The molecule has 166 valence electrons. The molecule has 3 aliphatic rings. The number of hydrogen-bond acceptors (Lipinski definition) is 4. The molecule has 2 saturated heterocycles. The fraction of sp³-hybridized carbons (Fsp3) is 0.545. The largest absolute Gasteiger partial charge is 0.341 e. The minimum atomic E-state index is -0.866. The summed E-state index contributed by atoms with van der Waals surface area (Å²) in [6, 6.07) is 3.48. The van der Waals surface area contributed by atoms with Gasteiger partial charge in [0.05, 0.1) is 10.0 Å². The third-order valence-corrected chi connectivity index (χ3v) is 7.52. The van der Waals surface area contributed by atoms with Gasteiger partial charge in [0, 0.05) is 24.6 Å². The van der Waals surface area contributed by atoms with Gasteiger partial charge in [0.2, 0.25) is 5.91 Å². The second-order valence-corrected chi connectivity index (χ2v) is 9.48. The van der Waals surface area contributed by atoms with E-state index in [1.165, 1.54) is 0 Å². The molecule has 1 atom stereocenters. The lowest BCUT2D eigenvalue weighted by Crippen LogP contribution is -2.52. The summed E-state index contributed by atoms with van der Waals surface area (Å²) in [6.45, 7) is 2.39. The van der Waals surface area contributed by atoms with Gasteiger partial charge in [0.15, 0.2) is 5.78 Å². The summed E-state index contributed by atoms with van der Waals surface area (Å²) in [6.07, 6.45) is 4.06. The number of urea groups is 1. The van der Waals surface area contributed by atoms with Gasteiger partial charge in [-0.25, -0.2) is 9.69 Å². The second kappa shape index (κ2) is 8.43. The van der Waals surface area contributed by atoms with Crippen molar-refractivity contribution in [1.29, 1.82) is 0 Å². The van der Waals surface area contributed by atoms with Gasteiger partial charge in [-0.05, 0) is 50.8 Å². The van der Waals surface area contributed by atoms with Crippen molar-refractivity contribution in [3.63, 3.8) is 0 Å². The van der Waals surface area contributed by atoms with E-state index in [9.17, 15) is 19.2 Å². The molecule has 1 aromatic carbocycles. The number of nitrogens with zero attached hydrogens (tertiary/aromatic N) is 2. The highest BCUT2D eigenvalue weighted by molar-refractivity contribution is 6.42. The average Bonchev–Trinajstić information content (AvgIpc) is 3.33. The first-order chi connectivity index (χ1) is 14.7. The molecular formula is C22H25Cl2N3O4. The quantitative estimate of drug-likeness (QED) is 0.542. The number of imide groups is 1. The summed E-state index contributed by atoms with van der Waals surface area (Å²) >= 11 is 12.0. The predicted molar refractivity (Wildman–Crippen MR) is 116 cm³/mol. The highest BCUT2D eigenvalue weighted by atomic mass is 35.5. The number of ketones is 1. The lowest BCUT2D eigenvalue weighted by atomic mass is 9.88. The number of nitrogens with one attached hydrogen (secondary N) is 1. The van der Waals surface area contributed by atoms with Crippen molar-refractivity contribution >= 4 is 46.8 Å². The van der Waals surface area contributed by atoms with Crippen molar-refractivity contribution in [2.24, 2.45) is 5.92 Å². The Morgan fingerprint density at radius 2 is 1.74 bits per heavy atom. The fourth-order valence-corrected chi connectivity index (χ4v) is 5.23. The number of carbonyl (C=O) groups is 4. The highest BCUT2D eigenvalue weighted by Gasteiger charge is 2.54. The van der Waals surface area contributed by atoms with Gasteiger partial charge in [-0.2, -0.15) is 0 Å². The van der Waals surface area contributed by atoms with Crippen LogP contribution in [0.3, 0.4) is 0 Å². The average molecular weight is 466 g/mol. The minimum absolute atomic E-state index is 0.0176. The first-order valence-electron chi connectivity index (χ1n) is 10.7. The molecule has 1 unspecified atom stereocenters. The van der Waals surface area contributed by atoms with E-state index in [0.717, 1.165) is 17.7 Å². The van der Waals surface area contributed by atoms with E-state index in [0.29, 0.717) is 54.4 Å². The molecule has 1 saturated carbocycles. The molecule has 31 heavy (non-hydrogen) atoms. The summed E-state index contributed by atoms with van der Waals surface area (Å²) in [5.41, 5.74) is -0.320. The van der Waals surface area contributed by atoms with Crippen molar-refractivity contribution in [2.75, 3.05) is 13.1 Å². The Morgan fingerprint density at radius 3 is 2.35 bits per heavy atom. The summed E-state index contributed by atoms with van der Waals surface area (Å²) < 4.78 is 0. The maximum Gasteiger partial charge on any atom is 0.325 e. The zero-order valence-corrected chi connectivity index (χ0v) is 18.8. The Balaban J connectivity index is 1.38. The molecule has 0 aromatic heterocycles. The van der Waals surface area contributed by atoms with Gasteiger partial charge in [-0.1, -0.05) is 36.0 Å². The predicted octanol–water partition coefficient (Wildman–Crippen LogP) is 3.67. The van der Waals surface area contributed by atoms with Crippen LogP contribution in [0.15, 0.2) is 18.2 Å². The number of piperidine rings is 1. The van der Waals surface area contributed by atoms with Crippen LogP contribution in [0.4, 0.5) is 4.79 Å². The molecular weight excluding hydrogens is 441 g/mol. The van der Waals surface area contributed by atoms with Crippen molar-refractivity contribution in [1.82, 2.24) is 15.1 Å². The zero-order chi connectivity index (χ0) is 22.3. The van der Waals surface area contributed by atoms with Crippen LogP contribution in [0.25, 0.3) is 0 Å². The third kappa shape index (κ3) is 3.94. The summed E-state index contributed by atoms with van der Waals surface area (Å²) in [7, 11) is 0. The van der Waals surface area contributed by atoms with Gasteiger partial charge in [0.25, 0.3) is 5.91 Å². The van der Waals surface area contributed by atoms with E-state index in [-0.39, 0.29) is 23.5 Å². The van der Waals surface area contributed by atoms with Crippen LogP contribution in [0.1, 0.15) is 55.8 Å².